The summed E-state index contributed by atoms with van der Waals surface area (Å²) in [5, 5.41) is 4.60. The van der Waals surface area contributed by atoms with Crippen LogP contribution in [0.1, 0.15) is 43.7 Å². The Morgan fingerprint density at radius 2 is 2.00 bits per heavy atom. The van der Waals surface area contributed by atoms with Crippen LogP contribution in [0.25, 0.3) is 0 Å². The number of hydrogen-bond acceptors (Lipinski definition) is 4. The molecule has 0 radical (unpaired) electrons. The molecule has 0 aromatic heterocycles. The predicted octanol–water partition coefficient (Wildman–Crippen LogP) is 5.33. The van der Waals surface area contributed by atoms with Crippen LogP contribution in [0.3, 0.4) is 0 Å². The van der Waals surface area contributed by atoms with E-state index in [9.17, 15) is 4.79 Å². The van der Waals surface area contributed by atoms with Crippen LogP contribution in [0.5, 0.6) is 0 Å². The van der Waals surface area contributed by atoms with Crippen LogP contribution in [0.15, 0.2) is 47.0 Å². The highest BCUT2D eigenvalue weighted by molar-refractivity contribution is 8.04. The van der Waals surface area contributed by atoms with Gasteiger partial charge in [0.15, 0.2) is 0 Å². The van der Waals surface area contributed by atoms with E-state index in [0.717, 1.165) is 6.54 Å². The summed E-state index contributed by atoms with van der Waals surface area (Å²) in [5.41, 5.74) is 4.04. The van der Waals surface area contributed by atoms with Gasteiger partial charge in [-0.1, -0.05) is 42.7 Å². The second-order valence-corrected chi connectivity index (χ2v) is 10.9. The van der Waals surface area contributed by atoms with Gasteiger partial charge in [0.2, 0.25) is 5.91 Å². The van der Waals surface area contributed by atoms with E-state index in [2.05, 4.69) is 91.1 Å². The number of nitrogens with one attached hydrogen (secondary N) is 1. The van der Waals surface area contributed by atoms with Crippen LogP contribution in [0, 0.1) is 13.8 Å². The lowest BCUT2D eigenvalue weighted by molar-refractivity contribution is -0.118. The average Bonchev–Trinajstić information content (AvgIpc) is 2.69. The first-order valence-electron chi connectivity index (χ1n) is 10.7. The molecule has 1 N–H and O–H groups in total. The van der Waals surface area contributed by atoms with Crippen LogP contribution < -0.4 is 5.32 Å². The molecule has 3 nitrogen and oxygen atoms in total. The fraction of sp³-hybridized carbons (Fsp3) is 0.542. The fourth-order valence-electron chi connectivity index (χ4n) is 4.09. The number of likely N-dealkylation sites (N-methyl/N-ethyl adjacent to an activating group) is 1. The van der Waals surface area contributed by atoms with Crippen LogP contribution >= 0.6 is 23.5 Å². The highest BCUT2D eigenvalue weighted by Crippen LogP contribution is 2.43. The number of amides is 1. The maximum Gasteiger partial charge on any atom is 0.216 e. The first-order chi connectivity index (χ1) is 13.9. The second-order valence-electron chi connectivity index (χ2n) is 8.21. The normalized spacial score (nSPS) is 22.9. The molecular formula is C24H34N2OS2. The number of carbonyl (C=O) groups excluding carboxylic acids is 1. The molecule has 5 heteroatoms. The zero-order valence-corrected chi connectivity index (χ0v) is 19.7. The van der Waals surface area contributed by atoms with Gasteiger partial charge in [0.1, 0.15) is 0 Å². The van der Waals surface area contributed by atoms with Gasteiger partial charge in [0.05, 0.1) is 5.25 Å². The SMILES string of the molecule is CC(=O)NCC(S[C@@H]1CCCC[C@H]1Sc1ccc(C)cc1C)C1=CC=CCN1C. The van der Waals surface area contributed by atoms with Crippen molar-refractivity contribution in [2.75, 3.05) is 20.1 Å². The maximum absolute atomic E-state index is 11.6. The average molecular weight is 431 g/mol. The van der Waals surface area contributed by atoms with E-state index in [1.165, 1.54) is 47.4 Å². The molecule has 0 saturated heterocycles. The van der Waals surface area contributed by atoms with Crippen molar-refractivity contribution in [2.45, 2.75) is 67.1 Å². The zero-order valence-electron chi connectivity index (χ0n) is 18.1. The number of rotatable bonds is 7. The van der Waals surface area contributed by atoms with E-state index in [1.54, 1.807) is 6.92 Å². The van der Waals surface area contributed by atoms with E-state index in [4.69, 9.17) is 0 Å². The quantitative estimate of drug-likeness (QED) is 0.634. The smallest absolute Gasteiger partial charge is 0.216 e. The Labute approximate surface area is 184 Å². The van der Waals surface area contributed by atoms with Gasteiger partial charge in [-0.15, -0.1) is 23.5 Å². The minimum Gasteiger partial charge on any atom is -0.373 e. The third-order valence-corrected chi connectivity index (χ3v) is 9.08. The largest absolute Gasteiger partial charge is 0.373 e. The van der Waals surface area contributed by atoms with E-state index in [-0.39, 0.29) is 5.91 Å². The summed E-state index contributed by atoms with van der Waals surface area (Å²) in [6.45, 7) is 7.64. The molecule has 1 unspecified atom stereocenters. The van der Waals surface area contributed by atoms with Crippen LogP contribution in [0.4, 0.5) is 0 Å². The summed E-state index contributed by atoms with van der Waals surface area (Å²) >= 11 is 4.14. The summed E-state index contributed by atoms with van der Waals surface area (Å²) in [4.78, 5) is 15.3. The van der Waals surface area contributed by atoms with Gasteiger partial charge >= 0.3 is 0 Å². The van der Waals surface area contributed by atoms with Crippen LogP contribution in [0.2, 0.25) is 0 Å². The van der Waals surface area contributed by atoms with Gasteiger partial charge < -0.3 is 10.2 Å². The summed E-state index contributed by atoms with van der Waals surface area (Å²) in [6, 6.07) is 6.82. The number of carbonyl (C=O) groups is 1. The Morgan fingerprint density at radius 3 is 2.69 bits per heavy atom. The van der Waals surface area contributed by atoms with Gasteiger partial charge in [-0.3, -0.25) is 4.79 Å². The van der Waals surface area contributed by atoms with Gasteiger partial charge in [0.25, 0.3) is 0 Å². The van der Waals surface area contributed by atoms with E-state index >= 15 is 0 Å². The van der Waals surface area contributed by atoms with Crippen LogP contribution in [-0.4, -0.2) is 46.7 Å². The summed E-state index contributed by atoms with van der Waals surface area (Å²) < 4.78 is 0. The van der Waals surface area contributed by atoms with Crippen LogP contribution in [-0.2, 0) is 4.79 Å². The topological polar surface area (TPSA) is 32.3 Å². The second kappa shape index (κ2) is 10.6. The maximum atomic E-state index is 11.6. The number of nitrogens with zero attached hydrogens (tertiary/aromatic N) is 1. The van der Waals surface area contributed by atoms with Crippen molar-refractivity contribution >= 4 is 29.4 Å². The third kappa shape index (κ3) is 6.32. The Balaban J connectivity index is 1.75. The number of benzene rings is 1. The van der Waals surface area contributed by atoms with E-state index in [1.807, 2.05) is 0 Å². The standard InChI is InChI=1S/C24H34N2OS2/c1-17-12-13-21(18(2)15-17)28-22-10-5-6-11-23(22)29-24(16-25-19(3)27)20-9-7-8-14-26(20)4/h7-9,12-13,15,22-24H,5-6,10-11,14,16H2,1-4H3,(H,25,27)/t22-,23-,24?/m1/s1. The first-order valence-corrected chi connectivity index (χ1v) is 12.5. The minimum absolute atomic E-state index is 0.0510. The molecule has 1 aliphatic carbocycles. The molecule has 1 amide bonds. The van der Waals surface area contributed by atoms with E-state index < -0.39 is 0 Å². The third-order valence-electron chi connectivity index (χ3n) is 5.68. The van der Waals surface area contributed by atoms with E-state index in [0.29, 0.717) is 22.3 Å². The Morgan fingerprint density at radius 1 is 1.24 bits per heavy atom. The molecule has 3 atom stereocenters. The number of allylic oxidation sites excluding steroid dienone is 2. The Bertz CT molecular complexity index is 774. The molecule has 1 heterocycles. The molecular weight excluding hydrogens is 396 g/mol. The van der Waals surface area contributed by atoms with Gasteiger partial charge in [-0.05, 0) is 44.4 Å². The molecule has 0 spiro atoms. The van der Waals surface area contributed by atoms with Gasteiger partial charge in [-0.25, -0.2) is 0 Å². The number of aryl methyl sites for hydroxylation is 2. The molecule has 1 aliphatic heterocycles. The van der Waals surface area contributed by atoms with Crippen molar-refractivity contribution in [1.29, 1.82) is 0 Å². The van der Waals surface area contributed by atoms with Crippen molar-refractivity contribution in [3.05, 3.63) is 53.3 Å². The predicted molar refractivity (Wildman–Crippen MR) is 128 cm³/mol. The highest BCUT2D eigenvalue weighted by atomic mass is 32.2. The molecule has 3 rings (SSSR count). The fourth-order valence-corrected chi connectivity index (χ4v) is 7.35. The molecule has 1 fully saturated rings. The molecule has 158 valence electrons. The van der Waals surface area contributed by atoms with Crippen molar-refractivity contribution in [3.63, 3.8) is 0 Å². The van der Waals surface area contributed by atoms with Gasteiger partial charge in [-0.2, -0.15) is 0 Å². The molecule has 0 bridgehead atoms. The number of hydrogen-bond donors (Lipinski definition) is 1. The van der Waals surface area contributed by atoms with Crippen molar-refractivity contribution in [1.82, 2.24) is 10.2 Å². The molecule has 2 aliphatic rings. The summed E-state index contributed by atoms with van der Waals surface area (Å²) in [6.07, 6.45) is 11.7. The molecule has 1 aromatic rings. The summed E-state index contributed by atoms with van der Waals surface area (Å²) in [7, 11) is 2.15. The number of thioether (sulfide) groups is 2. The van der Waals surface area contributed by atoms with Crippen molar-refractivity contribution in [3.8, 4) is 0 Å². The molecule has 1 saturated carbocycles. The zero-order chi connectivity index (χ0) is 20.8. The highest BCUT2D eigenvalue weighted by Gasteiger charge is 2.31. The first kappa shape index (κ1) is 22.4. The van der Waals surface area contributed by atoms with Crippen molar-refractivity contribution in [2.24, 2.45) is 0 Å². The lowest BCUT2D eigenvalue weighted by Gasteiger charge is -2.36. The molecule has 1 aromatic carbocycles. The lowest BCUT2D eigenvalue weighted by Crippen LogP contribution is -2.38. The summed E-state index contributed by atoms with van der Waals surface area (Å²) in [5.74, 6) is 0.0510. The Hall–Kier alpha value is -1.33. The lowest BCUT2D eigenvalue weighted by atomic mass is 10.00. The van der Waals surface area contributed by atoms with Gasteiger partial charge in [0, 0.05) is 48.2 Å². The van der Waals surface area contributed by atoms with Crippen molar-refractivity contribution < 1.29 is 4.79 Å². The minimum atomic E-state index is 0.0510. The Kier molecular flexibility index (Phi) is 8.19. The monoisotopic (exact) mass is 430 g/mol. The molecule has 29 heavy (non-hydrogen) atoms.